The van der Waals surface area contributed by atoms with E-state index in [2.05, 4.69) is 69.5 Å². The SMILES string of the molecule is CC(C)C[C@H](NC(=O)[C@@H](NC(=O)OCC1c2ccccc2-c2ccccc21)[C@@H](C)OC(C)(C)C)B1O[C@@H]2C[C@@H]3C[C@@H](C3(C)C)[C@]2(C)O1. The van der Waals surface area contributed by atoms with Crippen LogP contribution in [0.25, 0.3) is 11.1 Å². The van der Waals surface area contributed by atoms with Crippen LogP contribution in [-0.2, 0) is 23.6 Å². The second-order valence-electron chi connectivity index (χ2n) is 16.5. The average molecular weight is 645 g/mol. The number of hydrogen-bond donors (Lipinski definition) is 2. The van der Waals surface area contributed by atoms with Crippen LogP contribution in [0.3, 0.4) is 0 Å². The van der Waals surface area contributed by atoms with Crippen LogP contribution >= 0.6 is 0 Å². The number of rotatable bonds is 10. The summed E-state index contributed by atoms with van der Waals surface area (Å²) >= 11 is 0. The first-order valence-electron chi connectivity index (χ1n) is 17.5. The lowest BCUT2D eigenvalue weighted by molar-refractivity contribution is -0.199. The van der Waals surface area contributed by atoms with Gasteiger partial charge in [-0.2, -0.15) is 0 Å². The predicted octanol–water partition coefficient (Wildman–Crippen LogP) is 6.90. The molecule has 254 valence electrons. The summed E-state index contributed by atoms with van der Waals surface area (Å²) in [4.78, 5) is 27.6. The molecule has 0 unspecified atom stereocenters. The first-order chi connectivity index (χ1) is 22.1. The Balaban J connectivity index is 1.16. The Kier molecular flexibility index (Phi) is 9.07. The molecule has 2 amide bonds. The lowest BCUT2D eigenvalue weighted by Gasteiger charge is -2.64. The molecule has 2 N–H and O–H groups in total. The van der Waals surface area contributed by atoms with E-state index in [0.717, 1.165) is 35.1 Å². The third-order valence-electron chi connectivity index (χ3n) is 11.3. The molecular weight excluding hydrogens is 591 g/mol. The molecule has 1 saturated heterocycles. The van der Waals surface area contributed by atoms with Crippen LogP contribution in [0.2, 0.25) is 0 Å². The molecule has 0 radical (unpaired) electrons. The van der Waals surface area contributed by atoms with E-state index in [1.54, 1.807) is 0 Å². The number of hydrogen-bond acceptors (Lipinski definition) is 6. The molecule has 8 nitrogen and oxygen atoms in total. The molecule has 3 saturated carbocycles. The van der Waals surface area contributed by atoms with E-state index in [9.17, 15) is 9.59 Å². The van der Waals surface area contributed by atoms with Crippen molar-refractivity contribution in [3.8, 4) is 11.1 Å². The van der Waals surface area contributed by atoms with Crippen molar-refractivity contribution in [3.63, 3.8) is 0 Å². The van der Waals surface area contributed by atoms with Gasteiger partial charge in [0.1, 0.15) is 12.6 Å². The van der Waals surface area contributed by atoms with Gasteiger partial charge in [-0.15, -0.1) is 0 Å². The van der Waals surface area contributed by atoms with Crippen LogP contribution in [0, 0.1) is 23.2 Å². The first kappa shape index (κ1) is 34.0. The summed E-state index contributed by atoms with van der Waals surface area (Å²) in [6.07, 6.45) is 1.52. The van der Waals surface area contributed by atoms with Crippen LogP contribution < -0.4 is 10.6 Å². The Morgan fingerprint density at radius 3 is 2.15 bits per heavy atom. The lowest BCUT2D eigenvalue weighted by Crippen LogP contribution is -2.65. The predicted molar refractivity (Wildman–Crippen MR) is 184 cm³/mol. The molecule has 7 rings (SSSR count). The third kappa shape index (κ3) is 6.48. The van der Waals surface area contributed by atoms with Gasteiger partial charge in [0.25, 0.3) is 0 Å². The number of nitrogens with one attached hydrogen (secondary N) is 2. The van der Waals surface area contributed by atoms with E-state index < -0.39 is 31.0 Å². The maximum absolute atomic E-state index is 14.1. The van der Waals surface area contributed by atoms with Crippen molar-refractivity contribution in [1.82, 2.24) is 10.6 Å². The zero-order valence-electron chi connectivity index (χ0n) is 29.6. The number of carbonyl (C=O) groups is 2. The Labute approximate surface area is 281 Å². The first-order valence-corrected chi connectivity index (χ1v) is 17.5. The van der Waals surface area contributed by atoms with Gasteiger partial charge in [0.05, 0.1) is 29.4 Å². The standard InChI is InChI=1S/C38H53BN2O6/c1-22(2)18-32(39-46-31-20-24-19-30(37(24,7)8)38(31,9)47-39)40-34(42)33(23(3)45-36(4,5)6)41-35(43)44-21-29-27-16-12-10-14-25(27)26-15-11-13-17-28(26)29/h10-17,22-24,29-33H,18-21H2,1-9H3,(H,40,42)(H,41,43)/t23-,24+,30+,31-,32+,33+,38+/m1/s1. The molecule has 7 atom stereocenters. The quantitative estimate of drug-likeness (QED) is 0.274. The topological polar surface area (TPSA) is 95.1 Å². The summed E-state index contributed by atoms with van der Waals surface area (Å²) in [7, 11) is -0.569. The molecule has 4 fully saturated rings. The summed E-state index contributed by atoms with van der Waals surface area (Å²) < 4.78 is 25.4. The normalized spacial score (nSPS) is 27.6. The van der Waals surface area contributed by atoms with Crippen LogP contribution in [0.1, 0.15) is 98.6 Å². The molecule has 2 aromatic carbocycles. The van der Waals surface area contributed by atoms with Crippen LogP contribution in [-0.4, -0.2) is 61.1 Å². The minimum Gasteiger partial charge on any atom is -0.449 e. The molecule has 0 aromatic heterocycles. The highest BCUT2D eigenvalue weighted by atomic mass is 16.7. The highest BCUT2D eigenvalue weighted by Gasteiger charge is 2.68. The van der Waals surface area contributed by atoms with Crippen LogP contribution in [0.4, 0.5) is 4.79 Å². The Morgan fingerprint density at radius 2 is 1.57 bits per heavy atom. The molecule has 9 heteroatoms. The zero-order chi connectivity index (χ0) is 33.9. The van der Waals surface area contributed by atoms with Crippen molar-refractivity contribution in [2.45, 2.75) is 123 Å². The van der Waals surface area contributed by atoms with Gasteiger partial charge in [-0.05, 0) is 99.3 Å². The molecule has 5 aliphatic rings. The van der Waals surface area contributed by atoms with Gasteiger partial charge in [-0.25, -0.2) is 4.79 Å². The molecule has 2 aromatic rings. The number of fused-ring (bicyclic) bond motifs is 3. The van der Waals surface area contributed by atoms with E-state index in [4.69, 9.17) is 18.8 Å². The number of alkyl carbamates (subject to hydrolysis) is 1. The van der Waals surface area contributed by atoms with Gasteiger partial charge in [0.2, 0.25) is 5.91 Å². The monoisotopic (exact) mass is 644 g/mol. The van der Waals surface area contributed by atoms with E-state index in [0.29, 0.717) is 18.3 Å². The maximum Gasteiger partial charge on any atom is 0.481 e. The minimum absolute atomic E-state index is 0.00809. The van der Waals surface area contributed by atoms with Gasteiger partial charge in [0.15, 0.2) is 0 Å². The fraction of sp³-hybridized carbons (Fsp3) is 0.632. The van der Waals surface area contributed by atoms with Crippen molar-refractivity contribution in [2.24, 2.45) is 23.2 Å². The second-order valence-corrected chi connectivity index (χ2v) is 16.5. The second kappa shape index (κ2) is 12.5. The van der Waals surface area contributed by atoms with Crippen molar-refractivity contribution in [1.29, 1.82) is 0 Å². The van der Waals surface area contributed by atoms with Gasteiger partial charge in [-0.3, -0.25) is 4.79 Å². The largest absolute Gasteiger partial charge is 0.481 e. The fourth-order valence-electron chi connectivity index (χ4n) is 8.88. The zero-order valence-corrected chi connectivity index (χ0v) is 29.6. The van der Waals surface area contributed by atoms with E-state index in [1.165, 1.54) is 0 Å². The summed E-state index contributed by atoms with van der Waals surface area (Å²) in [6, 6.07) is 15.4. The van der Waals surface area contributed by atoms with Crippen molar-refractivity contribution >= 4 is 19.1 Å². The molecule has 2 bridgehead atoms. The molecular formula is C38H53BN2O6. The highest BCUT2D eigenvalue weighted by Crippen LogP contribution is 2.65. The summed E-state index contributed by atoms with van der Waals surface area (Å²) in [5, 5.41) is 6.08. The fourth-order valence-corrected chi connectivity index (χ4v) is 8.88. The molecule has 47 heavy (non-hydrogen) atoms. The Morgan fingerprint density at radius 1 is 0.957 bits per heavy atom. The van der Waals surface area contributed by atoms with Gasteiger partial charge in [0, 0.05) is 5.92 Å². The smallest absolute Gasteiger partial charge is 0.449 e. The molecule has 1 aliphatic heterocycles. The van der Waals surface area contributed by atoms with E-state index in [-0.39, 0.29) is 47.4 Å². The van der Waals surface area contributed by atoms with Gasteiger partial charge in [-0.1, -0.05) is 76.2 Å². The van der Waals surface area contributed by atoms with Crippen molar-refractivity contribution < 1.29 is 28.4 Å². The molecule has 4 aliphatic carbocycles. The van der Waals surface area contributed by atoms with Crippen molar-refractivity contribution in [3.05, 3.63) is 59.7 Å². The van der Waals surface area contributed by atoms with Crippen LogP contribution in [0.5, 0.6) is 0 Å². The summed E-state index contributed by atoms with van der Waals surface area (Å²) in [5.74, 6) is 0.507. The lowest BCUT2D eigenvalue weighted by atomic mass is 9.43. The average Bonchev–Trinajstić information content (AvgIpc) is 3.52. The Bertz CT molecular complexity index is 1440. The number of carbonyl (C=O) groups excluding carboxylic acids is 2. The highest BCUT2D eigenvalue weighted by molar-refractivity contribution is 6.48. The van der Waals surface area contributed by atoms with Crippen LogP contribution in [0.15, 0.2) is 48.5 Å². The number of amides is 2. The van der Waals surface area contributed by atoms with E-state index >= 15 is 0 Å². The maximum atomic E-state index is 14.1. The van der Waals surface area contributed by atoms with Gasteiger partial charge >= 0.3 is 13.2 Å². The summed E-state index contributed by atoms with van der Waals surface area (Å²) in [6.45, 7) is 18.9. The molecule has 1 heterocycles. The third-order valence-corrected chi connectivity index (χ3v) is 11.3. The minimum atomic E-state index is -0.995. The summed E-state index contributed by atoms with van der Waals surface area (Å²) in [5.41, 5.74) is 3.87. The van der Waals surface area contributed by atoms with Crippen molar-refractivity contribution in [2.75, 3.05) is 6.61 Å². The Hall–Kier alpha value is -2.88. The number of benzene rings is 2. The number of ether oxygens (including phenoxy) is 2. The van der Waals surface area contributed by atoms with E-state index in [1.807, 2.05) is 52.0 Å². The molecule has 0 spiro atoms. The van der Waals surface area contributed by atoms with Gasteiger partial charge < -0.3 is 29.4 Å².